The molecule has 0 N–H and O–H groups in total. The lowest BCUT2D eigenvalue weighted by atomic mass is 10.0. The molecular weight excluding hydrogens is 188 g/mol. The van der Waals surface area contributed by atoms with Crippen LogP contribution in [-0.2, 0) is 0 Å². The quantitative estimate of drug-likeness (QED) is 0.417. The molecule has 0 fully saturated rings. The molecule has 1 aromatic carbocycles. The topological polar surface area (TPSA) is 72.5 Å². The van der Waals surface area contributed by atoms with Crippen LogP contribution in [0, 0.1) is 18.3 Å². The van der Waals surface area contributed by atoms with E-state index in [1.807, 2.05) is 25.1 Å². The van der Waals surface area contributed by atoms with Crippen LogP contribution >= 0.6 is 0 Å². The molecule has 0 aliphatic rings. The van der Waals surface area contributed by atoms with Gasteiger partial charge in [0, 0.05) is 11.5 Å². The van der Waals surface area contributed by atoms with Gasteiger partial charge in [-0.1, -0.05) is 29.4 Å². The molecule has 0 heterocycles. The first-order valence-corrected chi connectivity index (χ1v) is 4.46. The summed E-state index contributed by atoms with van der Waals surface area (Å²) in [5, 5.41) is 12.3. The maximum Gasteiger partial charge on any atom is 0.0998 e. The Labute approximate surface area is 88.1 Å². The minimum Gasteiger partial charge on any atom is -0.192 e. The van der Waals surface area contributed by atoms with Crippen LogP contribution in [-0.4, -0.2) is 6.54 Å². The van der Waals surface area contributed by atoms with Gasteiger partial charge in [-0.15, -0.1) is 0 Å². The van der Waals surface area contributed by atoms with Crippen LogP contribution in [0.5, 0.6) is 0 Å². The van der Waals surface area contributed by atoms with Crippen molar-refractivity contribution >= 4 is 6.08 Å². The van der Waals surface area contributed by atoms with Gasteiger partial charge in [-0.2, -0.15) is 5.26 Å². The molecule has 74 valence electrons. The van der Waals surface area contributed by atoms with Crippen LogP contribution < -0.4 is 0 Å². The van der Waals surface area contributed by atoms with Gasteiger partial charge < -0.3 is 0 Å². The van der Waals surface area contributed by atoms with Gasteiger partial charge in [0.15, 0.2) is 0 Å². The zero-order chi connectivity index (χ0) is 11.1. The molecule has 1 rings (SSSR count). The predicted molar refractivity (Wildman–Crippen MR) is 58.9 cm³/mol. The maximum absolute atomic E-state index is 8.88. The molecule has 0 aliphatic carbocycles. The summed E-state index contributed by atoms with van der Waals surface area (Å²) in [5.41, 5.74) is 10.6. The van der Waals surface area contributed by atoms with Crippen molar-refractivity contribution in [2.24, 2.45) is 5.11 Å². The first-order valence-electron chi connectivity index (χ1n) is 4.46. The van der Waals surface area contributed by atoms with E-state index in [0.29, 0.717) is 12.1 Å². The average molecular weight is 198 g/mol. The van der Waals surface area contributed by atoms with Crippen LogP contribution in [0.4, 0.5) is 0 Å². The van der Waals surface area contributed by atoms with Gasteiger partial charge in [-0.3, -0.25) is 0 Å². The van der Waals surface area contributed by atoms with Gasteiger partial charge in [0.25, 0.3) is 0 Å². The fourth-order valence-electron chi connectivity index (χ4n) is 1.25. The lowest BCUT2D eigenvalue weighted by Crippen LogP contribution is -1.86. The predicted octanol–water partition coefficient (Wildman–Crippen LogP) is 3.19. The molecule has 0 aliphatic heterocycles. The maximum atomic E-state index is 8.88. The first kappa shape index (κ1) is 10.8. The SMILES string of the molecule is Cc1cccc(C#N)c1C=CCN=[N+]=[N-]. The van der Waals surface area contributed by atoms with E-state index < -0.39 is 0 Å². The van der Waals surface area contributed by atoms with Crippen molar-refractivity contribution in [2.45, 2.75) is 6.92 Å². The molecule has 4 nitrogen and oxygen atoms in total. The second-order valence-electron chi connectivity index (χ2n) is 2.96. The van der Waals surface area contributed by atoms with Crippen LogP contribution in [0.1, 0.15) is 16.7 Å². The summed E-state index contributed by atoms with van der Waals surface area (Å²) in [6, 6.07) is 7.67. The molecule has 0 spiro atoms. The minimum absolute atomic E-state index is 0.301. The highest BCUT2D eigenvalue weighted by Gasteiger charge is 1.99. The number of benzene rings is 1. The summed E-state index contributed by atoms with van der Waals surface area (Å²) < 4.78 is 0. The third-order valence-corrected chi connectivity index (χ3v) is 1.98. The summed E-state index contributed by atoms with van der Waals surface area (Å²) in [7, 11) is 0. The Morgan fingerprint density at radius 2 is 2.40 bits per heavy atom. The van der Waals surface area contributed by atoms with Gasteiger partial charge in [0.05, 0.1) is 11.6 Å². The van der Waals surface area contributed by atoms with Crippen molar-refractivity contribution in [3.8, 4) is 6.07 Å². The highest BCUT2D eigenvalue weighted by atomic mass is 15.1. The van der Waals surface area contributed by atoms with Crippen LogP contribution in [0.3, 0.4) is 0 Å². The lowest BCUT2D eigenvalue weighted by Gasteiger charge is -2.01. The second-order valence-corrected chi connectivity index (χ2v) is 2.96. The van der Waals surface area contributed by atoms with E-state index >= 15 is 0 Å². The molecule has 4 heteroatoms. The van der Waals surface area contributed by atoms with E-state index in [0.717, 1.165) is 11.1 Å². The van der Waals surface area contributed by atoms with Crippen molar-refractivity contribution in [3.05, 3.63) is 51.4 Å². The summed E-state index contributed by atoms with van der Waals surface area (Å²) in [5.74, 6) is 0. The van der Waals surface area contributed by atoms with Gasteiger partial charge in [0.1, 0.15) is 0 Å². The molecule has 0 unspecified atom stereocenters. The second kappa shape index (κ2) is 5.48. The largest absolute Gasteiger partial charge is 0.192 e. The molecule has 1 aromatic rings. The van der Waals surface area contributed by atoms with Gasteiger partial charge in [-0.05, 0) is 29.6 Å². The number of aryl methyl sites for hydroxylation is 1. The van der Waals surface area contributed by atoms with E-state index in [-0.39, 0.29) is 0 Å². The van der Waals surface area contributed by atoms with Gasteiger partial charge in [0.2, 0.25) is 0 Å². The molecular formula is C11H10N4. The van der Waals surface area contributed by atoms with E-state index in [9.17, 15) is 0 Å². The molecule has 0 aromatic heterocycles. The standard InChI is InChI=1S/C11H10N4/c1-9-4-2-5-10(8-12)11(9)6-3-7-14-15-13/h2-6H,7H2,1H3. The molecule has 0 radical (unpaired) electrons. The van der Waals surface area contributed by atoms with Crippen molar-refractivity contribution in [1.82, 2.24) is 0 Å². The van der Waals surface area contributed by atoms with E-state index in [4.69, 9.17) is 10.8 Å². The fraction of sp³-hybridized carbons (Fsp3) is 0.182. The Morgan fingerprint density at radius 3 is 3.07 bits per heavy atom. The Hall–Kier alpha value is -2.24. The van der Waals surface area contributed by atoms with Crippen LogP contribution in [0.15, 0.2) is 29.4 Å². The Balaban J connectivity index is 2.98. The number of azide groups is 1. The zero-order valence-corrected chi connectivity index (χ0v) is 8.38. The molecule has 0 bridgehead atoms. The van der Waals surface area contributed by atoms with Crippen LogP contribution in [0.2, 0.25) is 0 Å². The zero-order valence-electron chi connectivity index (χ0n) is 8.38. The smallest absolute Gasteiger partial charge is 0.0998 e. The van der Waals surface area contributed by atoms with E-state index in [2.05, 4.69) is 16.1 Å². The Bertz CT molecular complexity index is 462. The number of nitrogens with zero attached hydrogens (tertiary/aromatic N) is 4. The molecule has 0 saturated carbocycles. The third kappa shape index (κ3) is 2.87. The monoisotopic (exact) mass is 198 g/mol. The van der Waals surface area contributed by atoms with Crippen molar-refractivity contribution in [2.75, 3.05) is 6.54 Å². The Morgan fingerprint density at radius 1 is 1.60 bits per heavy atom. The van der Waals surface area contributed by atoms with Gasteiger partial charge in [-0.25, -0.2) is 0 Å². The van der Waals surface area contributed by atoms with Crippen molar-refractivity contribution in [1.29, 1.82) is 5.26 Å². The first-order chi connectivity index (χ1) is 7.29. The van der Waals surface area contributed by atoms with Crippen molar-refractivity contribution < 1.29 is 0 Å². The third-order valence-electron chi connectivity index (χ3n) is 1.98. The Kier molecular flexibility index (Phi) is 3.96. The highest BCUT2D eigenvalue weighted by Crippen LogP contribution is 2.14. The molecule has 0 atom stereocenters. The summed E-state index contributed by atoms with van der Waals surface area (Å²) >= 11 is 0. The summed E-state index contributed by atoms with van der Waals surface area (Å²) in [6.07, 6.45) is 3.55. The average Bonchev–Trinajstić information content (AvgIpc) is 2.26. The molecule has 0 saturated heterocycles. The normalized spacial score (nSPS) is 9.60. The number of nitriles is 1. The van der Waals surface area contributed by atoms with Crippen LogP contribution in [0.25, 0.3) is 16.5 Å². The molecule has 0 amide bonds. The highest BCUT2D eigenvalue weighted by molar-refractivity contribution is 5.61. The number of hydrogen-bond acceptors (Lipinski definition) is 2. The lowest BCUT2D eigenvalue weighted by molar-refractivity contribution is 1.22. The summed E-state index contributed by atoms with van der Waals surface area (Å²) in [4.78, 5) is 2.64. The van der Waals surface area contributed by atoms with Gasteiger partial charge >= 0.3 is 0 Å². The van der Waals surface area contributed by atoms with E-state index in [1.165, 1.54) is 0 Å². The van der Waals surface area contributed by atoms with E-state index in [1.54, 1.807) is 12.1 Å². The molecule has 15 heavy (non-hydrogen) atoms. The minimum atomic E-state index is 0.301. The number of hydrogen-bond donors (Lipinski definition) is 0. The van der Waals surface area contributed by atoms with Crippen molar-refractivity contribution in [3.63, 3.8) is 0 Å². The number of rotatable bonds is 3. The summed E-state index contributed by atoms with van der Waals surface area (Å²) in [6.45, 7) is 2.24. The fourth-order valence-corrected chi connectivity index (χ4v) is 1.25.